The van der Waals surface area contributed by atoms with Gasteiger partial charge in [-0.1, -0.05) is 0 Å². The molecule has 1 N–H and O–H groups in total. The Morgan fingerprint density at radius 3 is 3.06 bits per heavy atom. The summed E-state index contributed by atoms with van der Waals surface area (Å²) < 4.78 is 5.94. The monoisotopic (exact) mass is 322 g/mol. The molecule has 1 unspecified atom stereocenters. The van der Waals surface area contributed by atoms with Gasteiger partial charge in [0.25, 0.3) is 5.91 Å². The number of nitrogens with one attached hydrogen (secondary N) is 1. The summed E-state index contributed by atoms with van der Waals surface area (Å²) in [5, 5.41) is 3.12. The minimum Gasteiger partial charge on any atom is -0.458 e. The lowest BCUT2D eigenvalue weighted by atomic mass is 10.2. The van der Waals surface area contributed by atoms with Gasteiger partial charge >= 0.3 is 0 Å². The number of furan rings is 1. The maximum absolute atomic E-state index is 12.2. The van der Waals surface area contributed by atoms with Gasteiger partial charge in [-0.25, -0.2) is 0 Å². The number of hydrogen-bond acceptors (Lipinski definition) is 3. The number of likely N-dealkylation sites (N-methyl/N-ethyl adjacent to an activating group) is 1. The highest BCUT2D eigenvalue weighted by atomic mass is 79.9. The minimum atomic E-state index is -0.0189. The van der Waals surface area contributed by atoms with Crippen LogP contribution < -0.4 is 5.32 Å². The number of amides is 1. The molecule has 2 heterocycles. The highest BCUT2D eigenvalue weighted by Crippen LogP contribution is 2.24. The second-order valence-corrected chi connectivity index (χ2v) is 4.80. The third kappa shape index (κ3) is 3.03. The summed E-state index contributed by atoms with van der Waals surface area (Å²) in [5.41, 5.74) is 0. The normalized spacial score (nSPS) is 19.2. The zero-order chi connectivity index (χ0) is 11.5. The summed E-state index contributed by atoms with van der Waals surface area (Å²) in [6.45, 7) is 1.66. The minimum absolute atomic E-state index is 0. The van der Waals surface area contributed by atoms with E-state index in [1.165, 1.54) is 6.26 Å². The van der Waals surface area contributed by atoms with Gasteiger partial charge in [0, 0.05) is 19.1 Å². The van der Waals surface area contributed by atoms with Gasteiger partial charge in [0.1, 0.15) is 0 Å². The molecule has 1 aliphatic rings. The number of carbonyl (C=O) groups is 1. The van der Waals surface area contributed by atoms with Crippen LogP contribution in [-0.2, 0) is 0 Å². The number of halogens is 2. The first kappa shape index (κ1) is 14.5. The maximum Gasteiger partial charge on any atom is 0.291 e. The van der Waals surface area contributed by atoms with Crippen molar-refractivity contribution in [3.63, 3.8) is 0 Å². The fourth-order valence-electron chi connectivity index (χ4n) is 2.13. The number of likely N-dealkylation sites (tertiary alicyclic amines) is 1. The molecular weight excluding hydrogens is 307 g/mol. The van der Waals surface area contributed by atoms with Gasteiger partial charge in [-0.05, 0) is 41.9 Å². The fourth-order valence-corrected chi connectivity index (χ4v) is 2.50. The predicted octanol–water partition coefficient (Wildman–Crippen LogP) is 2.29. The number of rotatable bonds is 3. The molecule has 0 aromatic carbocycles. The Bertz CT molecular complexity index is 383. The molecule has 4 nitrogen and oxygen atoms in total. The first-order valence-corrected chi connectivity index (χ1v) is 6.22. The highest BCUT2D eigenvalue weighted by molar-refractivity contribution is 9.10. The van der Waals surface area contributed by atoms with E-state index in [9.17, 15) is 4.79 Å². The molecule has 0 spiro atoms. The van der Waals surface area contributed by atoms with Crippen molar-refractivity contribution in [1.29, 1.82) is 0 Å². The molecule has 1 amide bonds. The van der Waals surface area contributed by atoms with Gasteiger partial charge in [0.15, 0.2) is 0 Å². The van der Waals surface area contributed by atoms with Crippen LogP contribution in [0.2, 0.25) is 0 Å². The lowest BCUT2D eigenvalue weighted by Gasteiger charge is -2.23. The van der Waals surface area contributed by atoms with Crippen LogP contribution in [0.25, 0.3) is 0 Å². The molecule has 0 radical (unpaired) electrons. The van der Waals surface area contributed by atoms with Gasteiger partial charge in [-0.2, -0.15) is 0 Å². The van der Waals surface area contributed by atoms with Crippen molar-refractivity contribution >= 4 is 34.2 Å². The zero-order valence-corrected chi connectivity index (χ0v) is 12.0. The first-order chi connectivity index (χ1) is 7.74. The SMILES string of the molecule is CNCC1CCCN1C(=O)c1occc1Br.Cl. The van der Waals surface area contributed by atoms with Crippen LogP contribution in [0.3, 0.4) is 0 Å². The third-order valence-corrected chi connectivity index (χ3v) is 3.51. The lowest BCUT2D eigenvalue weighted by Crippen LogP contribution is -2.40. The molecule has 1 fully saturated rings. The maximum atomic E-state index is 12.2. The number of carbonyl (C=O) groups excluding carboxylic acids is 1. The van der Waals surface area contributed by atoms with E-state index in [1.54, 1.807) is 6.07 Å². The number of nitrogens with zero attached hydrogens (tertiary/aromatic N) is 1. The average molecular weight is 324 g/mol. The molecule has 1 saturated heterocycles. The van der Waals surface area contributed by atoms with Gasteiger partial charge < -0.3 is 14.6 Å². The second-order valence-electron chi connectivity index (χ2n) is 3.95. The Hall–Kier alpha value is -0.520. The molecule has 1 atom stereocenters. The Labute approximate surface area is 115 Å². The molecule has 1 aliphatic heterocycles. The summed E-state index contributed by atoms with van der Waals surface area (Å²) >= 11 is 3.32. The van der Waals surface area contributed by atoms with E-state index >= 15 is 0 Å². The Morgan fingerprint density at radius 1 is 1.71 bits per heavy atom. The highest BCUT2D eigenvalue weighted by Gasteiger charge is 2.31. The van der Waals surface area contributed by atoms with Gasteiger partial charge in [-0.3, -0.25) is 4.79 Å². The lowest BCUT2D eigenvalue weighted by molar-refractivity contribution is 0.0703. The quantitative estimate of drug-likeness (QED) is 0.928. The molecule has 0 saturated carbocycles. The van der Waals surface area contributed by atoms with Crippen molar-refractivity contribution in [3.8, 4) is 0 Å². The number of hydrogen-bond donors (Lipinski definition) is 1. The van der Waals surface area contributed by atoms with Gasteiger partial charge in [0.2, 0.25) is 5.76 Å². The molecule has 6 heteroatoms. The van der Waals surface area contributed by atoms with Crippen LogP contribution >= 0.6 is 28.3 Å². The zero-order valence-electron chi connectivity index (χ0n) is 9.61. The van der Waals surface area contributed by atoms with Crippen LogP contribution in [0.4, 0.5) is 0 Å². The molecule has 17 heavy (non-hydrogen) atoms. The second kappa shape index (κ2) is 6.42. The fraction of sp³-hybridized carbons (Fsp3) is 0.545. The van der Waals surface area contributed by atoms with Crippen LogP contribution in [-0.4, -0.2) is 37.0 Å². The van der Waals surface area contributed by atoms with Crippen molar-refractivity contribution in [2.75, 3.05) is 20.1 Å². The smallest absolute Gasteiger partial charge is 0.291 e. The van der Waals surface area contributed by atoms with Gasteiger partial charge in [0.05, 0.1) is 10.7 Å². The van der Waals surface area contributed by atoms with E-state index in [1.807, 2.05) is 11.9 Å². The van der Waals surface area contributed by atoms with Gasteiger partial charge in [-0.15, -0.1) is 12.4 Å². The van der Waals surface area contributed by atoms with E-state index in [-0.39, 0.29) is 24.4 Å². The molecule has 0 bridgehead atoms. The van der Waals surface area contributed by atoms with Crippen LogP contribution in [0.1, 0.15) is 23.4 Å². The van der Waals surface area contributed by atoms with Crippen molar-refractivity contribution in [1.82, 2.24) is 10.2 Å². The molecule has 2 rings (SSSR count). The topological polar surface area (TPSA) is 45.5 Å². The van der Waals surface area contributed by atoms with Crippen LogP contribution in [0.5, 0.6) is 0 Å². The van der Waals surface area contributed by atoms with Crippen molar-refractivity contribution < 1.29 is 9.21 Å². The molecular formula is C11H16BrClN2O2. The van der Waals surface area contributed by atoms with E-state index < -0.39 is 0 Å². The Balaban J connectivity index is 0.00000144. The van der Waals surface area contributed by atoms with Crippen molar-refractivity contribution in [2.24, 2.45) is 0 Å². The Kier molecular flexibility index (Phi) is 5.49. The molecule has 0 aliphatic carbocycles. The summed E-state index contributed by atoms with van der Waals surface area (Å²) in [4.78, 5) is 14.1. The van der Waals surface area contributed by atoms with E-state index in [0.717, 1.165) is 30.4 Å². The van der Waals surface area contributed by atoms with Crippen LogP contribution in [0.15, 0.2) is 21.2 Å². The van der Waals surface area contributed by atoms with E-state index in [2.05, 4.69) is 21.2 Å². The third-order valence-electron chi connectivity index (χ3n) is 2.89. The molecule has 96 valence electrons. The summed E-state index contributed by atoms with van der Waals surface area (Å²) in [6, 6.07) is 2.03. The van der Waals surface area contributed by atoms with Crippen molar-refractivity contribution in [3.05, 3.63) is 22.6 Å². The Morgan fingerprint density at radius 2 is 2.47 bits per heavy atom. The van der Waals surface area contributed by atoms with Crippen LogP contribution in [0, 0.1) is 0 Å². The average Bonchev–Trinajstić information content (AvgIpc) is 2.87. The first-order valence-electron chi connectivity index (χ1n) is 5.42. The largest absolute Gasteiger partial charge is 0.458 e. The van der Waals surface area contributed by atoms with E-state index in [4.69, 9.17) is 4.42 Å². The van der Waals surface area contributed by atoms with Crippen molar-refractivity contribution in [2.45, 2.75) is 18.9 Å². The summed E-state index contributed by atoms with van der Waals surface area (Å²) in [7, 11) is 1.91. The standard InChI is InChI=1S/C11H15BrN2O2.ClH/c1-13-7-8-3-2-5-14(8)11(15)10-9(12)4-6-16-10;/h4,6,8,13H,2-3,5,7H2,1H3;1H. The summed E-state index contributed by atoms with van der Waals surface area (Å²) in [5.74, 6) is 0.387. The molecule has 1 aromatic heterocycles. The molecule has 1 aromatic rings. The van der Waals surface area contributed by atoms with E-state index in [0.29, 0.717) is 5.76 Å². The summed E-state index contributed by atoms with van der Waals surface area (Å²) in [6.07, 6.45) is 3.65. The predicted molar refractivity (Wildman–Crippen MR) is 71.6 cm³/mol.